The molecule has 0 spiro atoms. The molecule has 1 amide bonds. The average molecular weight is 425 g/mol. The van der Waals surface area contributed by atoms with Crippen LogP contribution in [0.5, 0.6) is 0 Å². The zero-order chi connectivity index (χ0) is 21.5. The van der Waals surface area contributed by atoms with Crippen molar-refractivity contribution in [3.8, 4) is 11.8 Å². The summed E-state index contributed by atoms with van der Waals surface area (Å²) in [6.07, 6.45) is 1.48. The Balaban J connectivity index is 1.75. The summed E-state index contributed by atoms with van der Waals surface area (Å²) in [5, 5.41) is 20.4. The van der Waals surface area contributed by atoms with Gasteiger partial charge in [-0.05, 0) is 53.2 Å². The fraction of sp³-hybridized carbons (Fsp3) is 0.200. The van der Waals surface area contributed by atoms with Crippen molar-refractivity contribution in [2.24, 2.45) is 0 Å². The third-order valence-corrected chi connectivity index (χ3v) is 4.67. The van der Waals surface area contributed by atoms with Crippen LogP contribution in [0.2, 0.25) is 5.02 Å². The van der Waals surface area contributed by atoms with E-state index >= 15 is 0 Å². The van der Waals surface area contributed by atoms with Crippen LogP contribution in [0.15, 0.2) is 48.8 Å². The van der Waals surface area contributed by atoms with Crippen LogP contribution >= 0.6 is 11.6 Å². The maximum atomic E-state index is 12.8. The molecule has 0 saturated heterocycles. The first-order valence-corrected chi connectivity index (χ1v) is 9.32. The number of hydrogen-bond donors (Lipinski definition) is 0. The van der Waals surface area contributed by atoms with Crippen LogP contribution in [0, 0.1) is 18.3 Å². The normalized spacial score (nSPS) is 10.3. The van der Waals surface area contributed by atoms with Gasteiger partial charge in [0.1, 0.15) is 6.33 Å². The molecule has 0 aliphatic heterocycles. The largest absolute Gasteiger partial charge is 0.452 e. The van der Waals surface area contributed by atoms with Crippen LogP contribution < -0.4 is 4.90 Å². The summed E-state index contributed by atoms with van der Waals surface area (Å²) in [5.41, 5.74) is 2.00. The van der Waals surface area contributed by atoms with Crippen molar-refractivity contribution >= 4 is 29.2 Å². The fourth-order valence-electron chi connectivity index (χ4n) is 2.76. The molecule has 0 N–H and O–H groups in total. The SMILES string of the molecule is Cc1cc(N(CCC#N)C(=O)COC(=O)c2ccccc2-n2cnnn2)ccc1Cl. The number of benzene rings is 2. The molecule has 9 nitrogen and oxygen atoms in total. The number of aromatic nitrogens is 4. The van der Waals surface area contributed by atoms with Gasteiger partial charge in [0.15, 0.2) is 6.61 Å². The molecule has 0 fully saturated rings. The van der Waals surface area contributed by atoms with Crippen molar-refractivity contribution in [1.29, 1.82) is 5.26 Å². The van der Waals surface area contributed by atoms with Gasteiger partial charge in [-0.2, -0.15) is 9.94 Å². The van der Waals surface area contributed by atoms with Crippen molar-refractivity contribution in [3.05, 3.63) is 64.9 Å². The summed E-state index contributed by atoms with van der Waals surface area (Å²) in [5.74, 6) is -1.15. The van der Waals surface area contributed by atoms with Gasteiger partial charge in [0.25, 0.3) is 5.91 Å². The second-order valence-corrected chi connectivity index (χ2v) is 6.64. The van der Waals surface area contributed by atoms with Crippen molar-refractivity contribution in [3.63, 3.8) is 0 Å². The molecular weight excluding hydrogens is 408 g/mol. The molecule has 0 atom stereocenters. The lowest BCUT2D eigenvalue weighted by Crippen LogP contribution is -2.35. The molecule has 3 rings (SSSR count). The van der Waals surface area contributed by atoms with Gasteiger partial charge in [0.2, 0.25) is 0 Å². The molecule has 0 unspecified atom stereocenters. The van der Waals surface area contributed by atoms with Gasteiger partial charge in [0, 0.05) is 17.3 Å². The Morgan fingerprint density at radius 2 is 2.07 bits per heavy atom. The predicted octanol–water partition coefficient (Wildman–Crippen LogP) is 2.73. The van der Waals surface area contributed by atoms with E-state index in [1.165, 1.54) is 15.9 Å². The Morgan fingerprint density at radius 1 is 1.27 bits per heavy atom. The topological polar surface area (TPSA) is 114 Å². The van der Waals surface area contributed by atoms with Crippen LogP contribution in [0.3, 0.4) is 0 Å². The average Bonchev–Trinajstić information content (AvgIpc) is 3.29. The number of para-hydroxylation sites is 1. The highest BCUT2D eigenvalue weighted by molar-refractivity contribution is 6.31. The third-order valence-electron chi connectivity index (χ3n) is 4.25. The minimum Gasteiger partial charge on any atom is -0.452 e. The molecule has 0 bridgehead atoms. The second kappa shape index (κ2) is 9.62. The number of halogens is 1. The number of hydrogen-bond acceptors (Lipinski definition) is 7. The highest BCUT2D eigenvalue weighted by Gasteiger charge is 2.20. The highest BCUT2D eigenvalue weighted by Crippen LogP contribution is 2.23. The molecule has 0 aliphatic rings. The van der Waals surface area contributed by atoms with Crippen LogP contribution in [0.25, 0.3) is 5.69 Å². The first-order chi connectivity index (χ1) is 14.5. The van der Waals surface area contributed by atoms with Crippen molar-refractivity contribution in [1.82, 2.24) is 20.2 Å². The van der Waals surface area contributed by atoms with Crippen molar-refractivity contribution in [2.45, 2.75) is 13.3 Å². The molecule has 10 heteroatoms. The number of carbonyl (C=O) groups is 2. The Bertz CT molecular complexity index is 1090. The van der Waals surface area contributed by atoms with E-state index in [0.717, 1.165) is 5.56 Å². The number of tetrazole rings is 1. The number of esters is 1. The summed E-state index contributed by atoms with van der Waals surface area (Å²) in [4.78, 5) is 26.8. The number of anilines is 1. The number of amides is 1. The van der Waals surface area contributed by atoms with E-state index in [9.17, 15) is 9.59 Å². The van der Waals surface area contributed by atoms with Crippen LogP contribution in [0.4, 0.5) is 5.69 Å². The lowest BCUT2D eigenvalue weighted by Gasteiger charge is -2.22. The zero-order valence-corrected chi connectivity index (χ0v) is 16.8. The molecule has 2 aromatic carbocycles. The lowest BCUT2D eigenvalue weighted by molar-refractivity contribution is -0.121. The standard InChI is InChI=1S/C20H17ClN6O3/c1-14-11-15(7-8-17(14)21)26(10-4-9-22)19(28)12-30-20(29)16-5-2-3-6-18(16)27-13-23-24-25-27/h2-3,5-8,11,13H,4,10,12H2,1H3. The lowest BCUT2D eigenvalue weighted by atomic mass is 10.2. The number of nitriles is 1. The molecule has 152 valence electrons. The summed E-state index contributed by atoms with van der Waals surface area (Å²) in [6.45, 7) is 1.49. The van der Waals surface area contributed by atoms with Gasteiger partial charge < -0.3 is 9.64 Å². The molecule has 1 aromatic heterocycles. The number of nitrogens with zero attached hydrogens (tertiary/aromatic N) is 6. The number of ether oxygens (including phenoxy) is 1. The monoisotopic (exact) mass is 424 g/mol. The third kappa shape index (κ3) is 4.79. The van der Waals surface area contributed by atoms with Gasteiger partial charge in [-0.3, -0.25) is 4.79 Å². The molecule has 3 aromatic rings. The molecule has 30 heavy (non-hydrogen) atoms. The first kappa shape index (κ1) is 21.0. The molecule has 0 aliphatic carbocycles. The first-order valence-electron chi connectivity index (χ1n) is 8.94. The van der Waals surface area contributed by atoms with Gasteiger partial charge in [-0.1, -0.05) is 23.7 Å². The Kier molecular flexibility index (Phi) is 6.72. The zero-order valence-electron chi connectivity index (χ0n) is 16.0. The van der Waals surface area contributed by atoms with Crippen molar-refractivity contribution < 1.29 is 14.3 Å². The minimum absolute atomic E-state index is 0.128. The number of rotatable bonds is 7. The predicted molar refractivity (Wildman–Crippen MR) is 108 cm³/mol. The molecule has 1 heterocycles. The maximum Gasteiger partial charge on any atom is 0.340 e. The fourth-order valence-corrected chi connectivity index (χ4v) is 2.87. The van der Waals surface area contributed by atoms with Gasteiger partial charge in [0.05, 0.1) is 23.7 Å². The van der Waals surface area contributed by atoms with Gasteiger partial charge >= 0.3 is 5.97 Å². The van der Waals surface area contributed by atoms with Crippen molar-refractivity contribution in [2.75, 3.05) is 18.1 Å². The quantitative estimate of drug-likeness (QED) is 0.535. The van der Waals surface area contributed by atoms with E-state index in [-0.39, 0.29) is 18.5 Å². The summed E-state index contributed by atoms with van der Waals surface area (Å²) >= 11 is 6.06. The van der Waals surface area contributed by atoms with Crippen LogP contribution in [-0.2, 0) is 9.53 Å². The highest BCUT2D eigenvalue weighted by atomic mass is 35.5. The van der Waals surface area contributed by atoms with Crippen LogP contribution in [-0.4, -0.2) is 45.2 Å². The van der Waals surface area contributed by atoms with Gasteiger partial charge in [-0.25, -0.2) is 4.79 Å². The van der Waals surface area contributed by atoms with E-state index in [4.69, 9.17) is 21.6 Å². The van der Waals surface area contributed by atoms with Crippen LogP contribution in [0.1, 0.15) is 22.3 Å². The molecule has 0 saturated carbocycles. The Labute approximate surface area is 177 Å². The number of aryl methyl sites for hydroxylation is 1. The second-order valence-electron chi connectivity index (χ2n) is 6.23. The Morgan fingerprint density at radius 3 is 2.77 bits per heavy atom. The minimum atomic E-state index is -0.693. The molecular formula is C20H17ClN6O3. The maximum absolute atomic E-state index is 12.8. The van der Waals surface area contributed by atoms with E-state index < -0.39 is 18.5 Å². The van der Waals surface area contributed by atoms with E-state index in [2.05, 4.69) is 15.5 Å². The smallest absolute Gasteiger partial charge is 0.340 e. The Hall–Kier alpha value is -3.77. The van der Waals surface area contributed by atoms with Gasteiger partial charge in [-0.15, -0.1) is 5.10 Å². The van der Waals surface area contributed by atoms with E-state index in [1.807, 2.05) is 13.0 Å². The summed E-state index contributed by atoms with van der Waals surface area (Å²) in [7, 11) is 0. The summed E-state index contributed by atoms with van der Waals surface area (Å²) < 4.78 is 6.57. The number of carbonyl (C=O) groups excluding carboxylic acids is 2. The van der Waals surface area contributed by atoms with E-state index in [1.54, 1.807) is 42.5 Å². The van der Waals surface area contributed by atoms with E-state index in [0.29, 0.717) is 16.4 Å². The summed E-state index contributed by atoms with van der Waals surface area (Å²) in [6, 6.07) is 13.7. The molecule has 0 radical (unpaired) electrons.